The number of nitrogens with zero attached hydrogens (tertiary/aromatic N) is 1. The number of halogens is 1. The fraction of sp³-hybridized carbons (Fsp3) is 0.643. The molecule has 1 aromatic heterocycles. The van der Waals surface area contributed by atoms with E-state index >= 15 is 0 Å². The molecule has 0 saturated heterocycles. The fourth-order valence-corrected chi connectivity index (χ4v) is 3.84. The molecule has 0 aliphatic carbocycles. The standard InChI is InChI=1S/C14H24BrN3OS/c1-5-11(16)14(12-6-10(15)8-20-12)18(4)7-13(19)17-9(2)3/h6,8-9,11,14H,5,7,16H2,1-4H3,(H,17,19). The molecule has 0 bridgehead atoms. The maximum absolute atomic E-state index is 11.9. The van der Waals surface area contributed by atoms with Crippen molar-refractivity contribution < 1.29 is 4.79 Å². The van der Waals surface area contributed by atoms with Crippen LogP contribution in [-0.2, 0) is 4.79 Å². The van der Waals surface area contributed by atoms with E-state index in [2.05, 4.69) is 34.2 Å². The molecule has 0 aliphatic heterocycles. The van der Waals surface area contributed by atoms with Gasteiger partial charge in [0.15, 0.2) is 0 Å². The van der Waals surface area contributed by atoms with Gasteiger partial charge in [0.05, 0.1) is 12.6 Å². The summed E-state index contributed by atoms with van der Waals surface area (Å²) in [4.78, 5) is 15.1. The molecular weight excluding hydrogens is 338 g/mol. The maximum Gasteiger partial charge on any atom is 0.234 e. The third kappa shape index (κ3) is 5.16. The molecule has 1 aromatic rings. The molecule has 0 aliphatic rings. The van der Waals surface area contributed by atoms with Crippen LogP contribution in [0, 0.1) is 0 Å². The molecule has 2 atom stereocenters. The van der Waals surface area contributed by atoms with Gasteiger partial charge in [0.25, 0.3) is 0 Å². The van der Waals surface area contributed by atoms with Crippen molar-refractivity contribution >= 4 is 33.2 Å². The Morgan fingerprint density at radius 2 is 2.20 bits per heavy atom. The normalized spacial score (nSPS) is 14.6. The van der Waals surface area contributed by atoms with E-state index in [9.17, 15) is 4.79 Å². The number of likely N-dealkylation sites (N-methyl/N-ethyl adjacent to an activating group) is 1. The lowest BCUT2D eigenvalue weighted by Crippen LogP contribution is -2.44. The minimum atomic E-state index is 0.0115. The first-order chi connectivity index (χ1) is 9.35. The summed E-state index contributed by atoms with van der Waals surface area (Å²) in [5, 5.41) is 4.96. The third-order valence-corrected chi connectivity index (χ3v) is 4.84. The highest BCUT2D eigenvalue weighted by atomic mass is 79.9. The summed E-state index contributed by atoms with van der Waals surface area (Å²) in [5.74, 6) is 0.0337. The van der Waals surface area contributed by atoms with Gasteiger partial charge < -0.3 is 11.1 Å². The molecule has 20 heavy (non-hydrogen) atoms. The van der Waals surface area contributed by atoms with Crippen molar-refractivity contribution in [2.75, 3.05) is 13.6 Å². The molecule has 0 saturated carbocycles. The number of nitrogens with two attached hydrogens (primary N) is 1. The van der Waals surface area contributed by atoms with Gasteiger partial charge in [-0.25, -0.2) is 0 Å². The number of nitrogens with one attached hydrogen (secondary N) is 1. The number of rotatable bonds is 7. The van der Waals surface area contributed by atoms with Crippen molar-refractivity contribution in [1.82, 2.24) is 10.2 Å². The van der Waals surface area contributed by atoms with Crippen molar-refractivity contribution in [2.45, 2.75) is 45.3 Å². The van der Waals surface area contributed by atoms with Crippen LogP contribution in [0.15, 0.2) is 15.9 Å². The Labute approximate surface area is 133 Å². The molecule has 2 unspecified atom stereocenters. The van der Waals surface area contributed by atoms with Crippen LogP contribution in [0.25, 0.3) is 0 Å². The summed E-state index contributed by atoms with van der Waals surface area (Å²) in [6, 6.07) is 2.32. The number of hydrogen-bond acceptors (Lipinski definition) is 4. The number of thiophene rings is 1. The smallest absolute Gasteiger partial charge is 0.234 e. The van der Waals surface area contributed by atoms with Crippen LogP contribution in [-0.4, -0.2) is 36.5 Å². The number of hydrogen-bond donors (Lipinski definition) is 2. The van der Waals surface area contributed by atoms with Gasteiger partial charge in [-0.3, -0.25) is 9.69 Å². The van der Waals surface area contributed by atoms with E-state index in [4.69, 9.17) is 5.73 Å². The van der Waals surface area contributed by atoms with Crippen molar-refractivity contribution in [2.24, 2.45) is 5.73 Å². The van der Waals surface area contributed by atoms with Crippen molar-refractivity contribution in [3.8, 4) is 0 Å². The topological polar surface area (TPSA) is 58.4 Å². The van der Waals surface area contributed by atoms with Gasteiger partial charge in [-0.05, 0) is 49.3 Å². The van der Waals surface area contributed by atoms with E-state index in [-0.39, 0.29) is 24.0 Å². The summed E-state index contributed by atoms with van der Waals surface area (Å²) in [6.07, 6.45) is 0.871. The Morgan fingerprint density at radius 3 is 2.65 bits per heavy atom. The Balaban J connectivity index is 2.80. The largest absolute Gasteiger partial charge is 0.353 e. The maximum atomic E-state index is 11.9. The minimum absolute atomic E-state index is 0.0115. The zero-order valence-corrected chi connectivity index (χ0v) is 14.9. The van der Waals surface area contributed by atoms with Gasteiger partial charge in [-0.15, -0.1) is 11.3 Å². The van der Waals surface area contributed by atoms with Crippen LogP contribution in [0.2, 0.25) is 0 Å². The molecule has 0 radical (unpaired) electrons. The molecule has 4 nitrogen and oxygen atoms in total. The van der Waals surface area contributed by atoms with Gasteiger partial charge in [-0.1, -0.05) is 6.92 Å². The first-order valence-corrected chi connectivity index (χ1v) is 8.51. The monoisotopic (exact) mass is 361 g/mol. The van der Waals surface area contributed by atoms with Crippen molar-refractivity contribution in [3.63, 3.8) is 0 Å². The highest BCUT2D eigenvalue weighted by Crippen LogP contribution is 2.31. The van der Waals surface area contributed by atoms with Crippen LogP contribution in [0.4, 0.5) is 0 Å². The lowest BCUT2D eigenvalue weighted by atomic mass is 10.0. The Hall–Kier alpha value is -0.430. The van der Waals surface area contributed by atoms with E-state index in [1.165, 1.54) is 4.88 Å². The van der Waals surface area contributed by atoms with Crippen LogP contribution >= 0.6 is 27.3 Å². The summed E-state index contributed by atoms with van der Waals surface area (Å²) in [7, 11) is 1.95. The molecular formula is C14H24BrN3OS. The van der Waals surface area contributed by atoms with E-state index in [0.717, 1.165) is 10.9 Å². The lowest BCUT2D eigenvalue weighted by molar-refractivity contribution is -0.123. The zero-order valence-electron chi connectivity index (χ0n) is 12.5. The molecule has 3 N–H and O–H groups in total. The minimum Gasteiger partial charge on any atom is -0.353 e. The van der Waals surface area contributed by atoms with E-state index in [1.807, 2.05) is 31.2 Å². The molecule has 114 valence electrons. The summed E-state index contributed by atoms with van der Waals surface area (Å²) >= 11 is 5.15. The molecule has 0 spiro atoms. The molecule has 0 aromatic carbocycles. The summed E-state index contributed by atoms with van der Waals surface area (Å²) < 4.78 is 1.06. The molecule has 1 heterocycles. The predicted molar refractivity (Wildman–Crippen MR) is 88.9 cm³/mol. The number of amides is 1. The van der Waals surface area contributed by atoms with Crippen molar-refractivity contribution in [1.29, 1.82) is 0 Å². The van der Waals surface area contributed by atoms with Crippen LogP contribution < -0.4 is 11.1 Å². The molecule has 0 fully saturated rings. The van der Waals surface area contributed by atoms with E-state index < -0.39 is 0 Å². The first kappa shape index (κ1) is 17.6. The molecule has 6 heteroatoms. The quantitative estimate of drug-likeness (QED) is 0.784. The Morgan fingerprint density at radius 1 is 1.55 bits per heavy atom. The third-order valence-electron chi connectivity index (χ3n) is 3.07. The number of carbonyl (C=O) groups is 1. The van der Waals surface area contributed by atoms with Crippen LogP contribution in [0.1, 0.15) is 38.1 Å². The van der Waals surface area contributed by atoms with Crippen LogP contribution in [0.5, 0.6) is 0 Å². The zero-order chi connectivity index (χ0) is 15.3. The number of carbonyl (C=O) groups excluding carboxylic acids is 1. The molecule has 1 amide bonds. The van der Waals surface area contributed by atoms with Gasteiger partial charge in [-0.2, -0.15) is 0 Å². The van der Waals surface area contributed by atoms with Gasteiger partial charge in [0.1, 0.15) is 0 Å². The van der Waals surface area contributed by atoms with Gasteiger partial charge >= 0.3 is 0 Å². The second-order valence-corrected chi connectivity index (χ2v) is 7.18. The van der Waals surface area contributed by atoms with Crippen molar-refractivity contribution in [3.05, 3.63) is 20.8 Å². The highest BCUT2D eigenvalue weighted by Gasteiger charge is 2.26. The summed E-state index contributed by atoms with van der Waals surface area (Å²) in [6.45, 7) is 6.35. The average Bonchev–Trinajstić information content (AvgIpc) is 2.74. The second kappa shape index (κ2) is 8.12. The molecule has 1 rings (SSSR count). The Kier molecular flexibility index (Phi) is 7.15. The predicted octanol–water partition coefficient (Wildman–Crippen LogP) is 2.75. The highest BCUT2D eigenvalue weighted by molar-refractivity contribution is 9.10. The van der Waals surface area contributed by atoms with E-state index in [1.54, 1.807) is 11.3 Å². The average molecular weight is 362 g/mol. The van der Waals surface area contributed by atoms with Crippen LogP contribution in [0.3, 0.4) is 0 Å². The first-order valence-electron chi connectivity index (χ1n) is 6.84. The SMILES string of the molecule is CCC(N)C(c1cc(Br)cs1)N(C)CC(=O)NC(C)C. The van der Waals surface area contributed by atoms with E-state index in [0.29, 0.717) is 6.54 Å². The second-order valence-electron chi connectivity index (χ2n) is 5.32. The van der Waals surface area contributed by atoms with Gasteiger partial charge in [0, 0.05) is 26.8 Å². The Bertz CT molecular complexity index is 436. The summed E-state index contributed by atoms with van der Waals surface area (Å²) in [5.41, 5.74) is 6.25. The van der Waals surface area contributed by atoms with Gasteiger partial charge in [0.2, 0.25) is 5.91 Å². The fourth-order valence-electron chi connectivity index (χ4n) is 2.15. The lowest BCUT2D eigenvalue weighted by Gasteiger charge is -2.31.